The molecule has 3 fully saturated rings. The highest BCUT2D eigenvalue weighted by Crippen LogP contribution is 2.37. The zero-order valence-electron chi connectivity index (χ0n) is 23.9. The van der Waals surface area contributed by atoms with E-state index in [9.17, 15) is 4.79 Å². The molecular formula is C32H37N7O3. The third-order valence-electron chi connectivity index (χ3n) is 9.25. The van der Waals surface area contributed by atoms with Crippen LogP contribution in [0.2, 0.25) is 0 Å². The number of aromatic nitrogens is 3. The lowest BCUT2D eigenvalue weighted by atomic mass is 9.80. The highest BCUT2D eigenvalue weighted by atomic mass is 16.5. The summed E-state index contributed by atoms with van der Waals surface area (Å²) in [5.74, 6) is 2.34. The van der Waals surface area contributed by atoms with Crippen LogP contribution in [-0.2, 0) is 0 Å². The minimum atomic E-state index is -0.454. The van der Waals surface area contributed by atoms with Crippen LogP contribution < -0.4 is 20.9 Å². The van der Waals surface area contributed by atoms with Crippen LogP contribution in [0, 0.1) is 18.8 Å². The van der Waals surface area contributed by atoms with Crippen molar-refractivity contribution in [1.82, 2.24) is 20.4 Å². The Morgan fingerprint density at radius 1 is 1.02 bits per heavy atom. The van der Waals surface area contributed by atoms with Crippen LogP contribution in [0.4, 0.5) is 11.7 Å². The lowest BCUT2D eigenvalue weighted by Gasteiger charge is -2.49. The molecule has 42 heavy (non-hydrogen) atoms. The number of oxazole rings is 1. The molecular weight excluding hydrogens is 530 g/mol. The van der Waals surface area contributed by atoms with Crippen LogP contribution >= 0.6 is 0 Å². The lowest BCUT2D eigenvalue weighted by Crippen LogP contribution is -2.60. The van der Waals surface area contributed by atoms with E-state index in [0.717, 1.165) is 43.7 Å². The zero-order valence-corrected chi connectivity index (χ0v) is 23.9. The first kappa shape index (κ1) is 26.7. The number of amides is 1. The van der Waals surface area contributed by atoms with Crippen molar-refractivity contribution in [3.63, 3.8) is 0 Å². The predicted octanol–water partition coefficient (Wildman–Crippen LogP) is 4.66. The molecule has 3 N–H and O–H groups in total. The SMILES string of the molecule is Cc1noc(-c2ccc(N3CCC4C(CNC5CCCCC5CN4c4ncc(-c5cccc(C(N)=O)c5)o4)C3)cc2)n1. The van der Waals surface area contributed by atoms with E-state index < -0.39 is 5.91 Å². The van der Waals surface area contributed by atoms with Gasteiger partial charge in [-0.05, 0) is 68.5 Å². The average molecular weight is 568 g/mol. The van der Waals surface area contributed by atoms with Gasteiger partial charge < -0.3 is 29.8 Å². The first-order chi connectivity index (χ1) is 20.5. The van der Waals surface area contributed by atoms with Crippen molar-refractivity contribution in [3.05, 3.63) is 66.1 Å². The van der Waals surface area contributed by atoms with Gasteiger partial charge in [0.2, 0.25) is 5.91 Å². The van der Waals surface area contributed by atoms with E-state index >= 15 is 0 Å². The van der Waals surface area contributed by atoms with Crippen molar-refractivity contribution in [1.29, 1.82) is 0 Å². The number of aryl methyl sites for hydroxylation is 1. The summed E-state index contributed by atoms with van der Waals surface area (Å²) in [5.41, 5.74) is 8.92. The number of nitrogens with one attached hydrogen (secondary N) is 1. The molecule has 2 aromatic carbocycles. The highest BCUT2D eigenvalue weighted by molar-refractivity contribution is 5.93. The van der Waals surface area contributed by atoms with Crippen molar-refractivity contribution < 1.29 is 13.7 Å². The van der Waals surface area contributed by atoms with Crippen molar-refractivity contribution in [2.45, 2.75) is 51.1 Å². The molecule has 10 nitrogen and oxygen atoms in total. The van der Waals surface area contributed by atoms with Crippen LogP contribution in [0.5, 0.6) is 0 Å². The first-order valence-electron chi connectivity index (χ1n) is 15.0. The summed E-state index contributed by atoms with van der Waals surface area (Å²) in [5, 5.41) is 7.89. The first-order valence-corrected chi connectivity index (χ1v) is 15.0. The van der Waals surface area contributed by atoms with Crippen LogP contribution in [0.25, 0.3) is 22.8 Å². The number of fused-ring (bicyclic) bond motifs is 2. The maximum atomic E-state index is 11.8. The van der Waals surface area contributed by atoms with E-state index in [2.05, 4.69) is 49.5 Å². The maximum Gasteiger partial charge on any atom is 0.298 e. The molecule has 4 atom stereocenters. The van der Waals surface area contributed by atoms with Gasteiger partial charge in [0.05, 0.1) is 6.20 Å². The smallest absolute Gasteiger partial charge is 0.298 e. The molecule has 218 valence electrons. The second kappa shape index (κ2) is 11.2. The minimum absolute atomic E-state index is 0.306. The lowest BCUT2D eigenvalue weighted by molar-refractivity contribution is 0.100. The second-order valence-electron chi connectivity index (χ2n) is 11.9. The van der Waals surface area contributed by atoms with Crippen LogP contribution in [0.3, 0.4) is 0 Å². The second-order valence-corrected chi connectivity index (χ2v) is 11.9. The molecule has 4 unspecified atom stereocenters. The number of carbonyl (C=O) groups excluding carboxylic acids is 1. The van der Waals surface area contributed by atoms with Crippen LogP contribution in [-0.4, -0.2) is 59.3 Å². The van der Waals surface area contributed by atoms with Gasteiger partial charge in [-0.15, -0.1) is 0 Å². The van der Waals surface area contributed by atoms with Crippen molar-refractivity contribution >= 4 is 17.6 Å². The Bertz CT molecular complexity index is 1550. The summed E-state index contributed by atoms with van der Waals surface area (Å²) in [6.45, 7) is 5.61. The molecule has 2 saturated heterocycles. The highest BCUT2D eigenvalue weighted by Gasteiger charge is 2.40. The third kappa shape index (κ3) is 5.27. The number of hydrogen-bond acceptors (Lipinski definition) is 9. The molecule has 0 radical (unpaired) electrons. The largest absolute Gasteiger partial charge is 0.423 e. The summed E-state index contributed by atoms with van der Waals surface area (Å²) in [6.07, 6.45) is 7.77. The Hall–Kier alpha value is -4.18. The van der Waals surface area contributed by atoms with Crippen LogP contribution in [0.1, 0.15) is 48.3 Å². The summed E-state index contributed by atoms with van der Waals surface area (Å²) >= 11 is 0. The Morgan fingerprint density at radius 3 is 2.69 bits per heavy atom. The number of carbonyl (C=O) groups is 1. The molecule has 1 aliphatic carbocycles. The van der Waals surface area contributed by atoms with Crippen molar-refractivity contribution in [2.24, 2.45) is 17.6 Å². The number of benzene rings is 2. The van der Waals surface area contributed by atoms with E-state index in [0.29, 0.717) is 53.0 Å². The maximum absolute atomic E-state index is 11.8. The van der Waals surface area contributed by atoms with Gasteiger partial charge in [-0.25, -0.2) is 4.98 Å². The number of primary amides is 1. The number of nitrogens with zero attached hydrogens (tertiary/aromatic N) is 5. The van der Waals surface area contributed by atoms with Crippen molar-refractivity contribution in [2.75, 3.05) is 36.0 Å². The van der Waals surface area contributed by atoms with E-state index in [1.807, 2.05) is 19.1 Å². The van der Waals surface area contributed by atoms with E-state index in [4.69, 9.17) is 19.7 Å². The molecule has 1 amide bonds. The molecule has 0 bridgehead atoms. The Balaban J connectivity index is 1.14. The number of hydrogen-bond donors (Lipinski definition) is 2. The molecule has 0 spiro atoms. The Kier molecular flexibility index (Phi) is 7.15. The monoisotopic (exact) mass is 567 g/mol. The quantitative estimate of drug-likeness (QED) is 0.354. The summed E-state index contributed by atoms with van der Waals surface area (Å²) in [4.78, 5) is 25.9. The van der Waals surface area contributed by atoms with Gasteiger partial charge in [0.25, 0.3) is 11.9 Å². The Morgan fingerprint density at radius 2 is 1.88 bits per heavy atom. The fraction of sp³-hybridized carbons (Fsp3) is 0.438. The fourth-order valence-electron chi connectivity index (χ4n) is 7.06. The minimum Gasteiger partial charge on any atom is -0.423 e. The molecule has 4 aromatic rings. The predicted molar refractivity (Wildman–Crippen MR) is 160 cm³/mol. The van der Waals surface area contributed by atoms with E-state index in [-0.39, 0.29) is 0 Å². The zero-order chi connectivity index (χ0) is 28.6. The molecule has 4 heterocycles. The van der Waals surface area contributed by atoms with E-state index in [1.165, 1.54) is 31.4 Å². The number of nitrogens with two attached hydrogens (primary N) is 1. The van der Waals surface area contributed by atoms with Gasteiger partial charge in [0.1, 0.15) is 0 Å². The van der Waals surface area contributed by atoms with Gasteiger partial charge in [-0.2, -0.15) is 4.98 Å². The Labute approximate surface area is 245 Å². The molecule has 2 aliphatic heterocycles. The molecule has 7 rings (SSSR count). The average Bonchev–Trinajstić information content (AvgIpc) is 3.68. The fourth-order valence-corrected chi connectivity index (χ4v) is 7.06. The van der Waals surface area contributed by atoms with Gasteiger partial charge in [-0.1, -0.05) is 30.1 Å². The van der Waals surface area contributed by atoms with Gasteiger partial charge in [-0.3, -0.25) is 4.79 Å². The molecule has 2 aromatic heterocycles. The van der Waals surface area contributed by atoms with E-state index in [1.54, 1.807) is 18.3 Å². The van der Waals surface area contributed by atoms with Crippen LogP contribution in [0.15, 0.2) is 63.7 Å². The van der Waals surface area contributed by atoms with Crippen molar-refractivity contribution in [3.8, 4) is 22.8 Å². The number of rotatable bonds is 5. The number of anilines is 2. The summed E-state index contributed by atoms with van der Waals surface area (Å²) in [7, 11) is 0. The molecule has 1 saturated carbocycles. The summed E-state index contributed by atoms with van der Waals surface area (Å²) < 4.78 is 11.8. The third-order valence-corrected chi connectivity index (χ3v) is 9.25. The van der Waals surface area contributed by atoms with Gasteiger partial charge >= 0.3 is 0 Å². The topological polar surface area (TPSA) is 127 Å². The number of piperidine rings is 1. The normalized spacial score (nSPS) is 24.4. The summed E-state index contributed by atoms with van der Waals surface area (Å²) in [6, 6.07) is 17.2. The molecule has 3 aliphatic rings. The standard InChI is InChI=1S/C32H37N7O3/c1-20-36-31(42-37-20)21-9-11-26(12-10-21)38-14-13-28-25(18-38)16-34-27-8-3-2-5-24(27)19-39(28)32-35-17-29(41-32)22-6-4-7-23(15-22)30(33)40/h4,6-7,9-12,15,17,24-25,27-28,34H,2-3,5,8,13-14,16,18-19H2,1H3,(H2,33,40). The van der Waals surface area contributed by atoms with Gasteiger partial charge in [0, 0.05) is 66.6 Å². The van der Waals surface area contributed by atoms with Gasteiger partial charge in [0.15, 0.2) is 11.6 Å². The molecule has 10 heteroatoms.